The molecule has 1 aromatic rings. The molecule has 1 aromatic carbocycles. The number of carboxylic acids is 1. The van der Waals surface area contributed by atoms with E-state index in [1.54, 1.807) is 19.9 Å². The molecular formula is C15H13BrNO3S2-. The summed E-state index contributed by atoms with van der Waals surface area (Å²) in [5.41, 5.74) is 0.837. The Morgan fingerprint density at radius 1 is 1.45 bits per heavy atom. The lowest BCUT2D eigenvalue weighted by Crippen LogP contribution is -2.52. The Morgan fingerprint density at radius 2 is 2.14 bits per heavy atom. The van der Waals surface area contributed by atoms with Crippen molar-refractivity contribution < 1.29 is 14.7 Å². The molecule has 1 aliphatic rings. The van der Waals surface area contributed by atoms with Crippen molar-refractivity contribution in [2.45, 2.75) is 19.9 Å². The van der Waals surface area contributed by atoms with Gasteiger partial charge in [0.2, 0.25) is 0 Å². The van der Waals surface area contributed by atoms with Gasteiger partial charge in [0, 0.05) is 4.47 Å². The van der Waals surface area contributed by atoms with Gasteiger partial charge >= 0.3 is 0 Å². The van der Waals surface area contributed by atoms with E-state index in [0.717, 1.165) is 26.7 Å². The highest BCUT2D eigenvalue weighted by Gasteiger charge is 2.38. The predicted octanol–water partition coefficient (Wildman–Crippen LogP) is 2.42. The fourth-order valence-electron chi connectivity index (χ4n) is 2.14. The first-order chi connectivity index (χ1) is 10.3. The number of hydrogen-bond acceptors (Lipinski definition) is 5. The Hall–Kier alpha value is -1.18. The third-order valence-electron chi connectivity index (χ3n) is 3.12. The van der Waals surface area contributed by atoms with Gasteiger partial charge in [0.15, 0.2) is 0 Å². The van der Waals surface area contributed by atoms with Crippen LogP contribution in [0.1, 0.15) is 19.4 Å². The first kappa shape index (κ1) is 17.2. The van der Waals surface area contributed by atoms with Gasteiger partial charge in [-0.1, -0.05) is 65.9 Å². The van der Waals surface area contributed by atoms with Gasteiger partial charge in [-0.15, -0.1) is 0 Å². The summed E-state index contributed by atoms with van der Waals surface area (Å²) in [4.78, 5) is 25.4. The Balaban J connectivity index is 2.34. The molecular weight excluding hydrogens is 386 g/mol. The normalized spacial score (nSPS) is 18.4. The Labute approximate surface area is 146 Å². The van der Waals surface area contributed by atoms with Crippen molar-refractivity contribution >= 4 is 62.2 Å². The number of carboxylic acid groups (broad SMARTS) is 1. The minimum atomic E-state index is -1.30. The maximum Gasteiger partial charge on any atom is 0.266 e. The van der Waals surface area contributed by atoms with Crippen LogP contribution < -0.4 is 5.11 Å². The smallest absolute Gasteiger partial charge is 0.266 e. The lowest BCUT2D eigenvalue weighted by Gasteiger charge is -2.30. The quantitative estimate of drug-likeness (QED) is 0.575. The minimum Gasteiger partial charge on any atom is -0.548 e. The van der Waals surface area contributed by atoms with Crippen molar-refractivity contribution in [3.05, 3.63) is 39.2 Å². The molecule has 22 heavy (non-hydrogen) atoms. The number of nitrogens with zero attached hydrogens (tertiary/aromatic N) is 1. The van der Waals surface area contributed by atoms with E-state index in [4.69, 9.17) is 12.2 Å². The van der Waals surface area contributed by atoms with Crippen LogP contribution in [0.15, 0.2) is 33.6 Å². The second-order valence-corrected chi connectivity index (χ2v) is 7.71. The third kappa shape index (κ3) is 3.59. The van der Waals surface area contributed by atoms with Crippen LogP contribution in [0.3, 0.4) is 0 Å². The number of rotatable bonds is 4. The maximum atomic E-state index is 12.5. The van der Waals surface area contributed by atoms with Crippen molar-refractivity contribution in [2.75, 3.05) is 0 Å². The molecule has 0 N–H and O–H groups in total. The summed E-state index contributed by atoms with van der Waals surface area (Å²) in [6.07, 6.45) is 1.71. The summed E-state index contributed by atoms with van der Waals surface area (Å²) in [6.45, 7) is 3.44. The molecule has 1 aliphatic heterocycles. The van der Waals surface area contributed by atoms with E-state index in [-0.39, 0.29) is 10.2 Å². The van der Waals surface area contributed by atoms with Crippen LogP contribution in [-0.4, -0.2) is 27.1 Å². The zero-order valence-electron chi connectivity index (χ0n) is 11.9. The van der Waals surface area contributed by atoms with Gasteiger partial charge in [0.1, 0.15) is 4.32 Å². The van der Waals surface area contributed by atoms with Crippen LogP contribution >= 0.6 is 39.9 Å². The van der Waals surface area contributed by atoms with E-state index in [0.29, 0.717) is 4.91 Å². The summed E-state index contributed by atoms with van der Waals surface area (Å²) < 4.78 is 1.14. The largest absolute Gasteiger partial charge is 0.548 e. The molecule has 0 saturated carbocycles. The summed E-state index contributed by atoms with van der Waals surface area (Å²) >= 11 is 9.65. The van der Waals surface area contributed by atoms with Gasteiger partial charge in [-0.25, -0.2) is 0 Å². The molecule has 116 valence electrons. The zero-order chi connectivity index (χ0) is 16.4. The van der Waals surface area contributed by atoms with Crippen LogP contribution in [0.4, 0.5) is 0 Å². The van der Waals surface area contributed by atoms with Crippen LogP contribution in [0.5, 0.6) is 0 Å². The Kier molecular flexibility index (Phi) is 5.41. The highest BCUT2D eigenvalue weighted by atomic mass is 79.9. The number of thiocarbonyl (C=S) groups is 1. The van der Waals surface area contributed by atoms with Crippen LogP contribution in [-0.2, 0) is 9.59 Å². The van der Waals surface area contributed by atoms with Crippen molar-refractivity contribution in [3.8, 4) is 0 Å². The molecule has 4 nitrogen and oxygen atoms in total. The minimum absolute atomic E-state index is 0.245. The van der Waals surface area contributed by atoms with Crippen molar-refractivity contribution in [2.24, 2.45) is 5.92 Å². The van der Waals surface area contributed by atoms with Crippen LogP contribution in [0.2, 0.25) is 0 Å². The lowest BCUT2D eigenvalue weighted by atomic mass is 10.0. The molecule has 1 heterocycles. The van der Waals surface area contributed by atoms with Crippen LogP contribution in [0.25, 0.3) is 6.08 Å². The standard InChI is InChI=1S/C15H14BrNO3S2/c1-8(2)12(14(19)20)17-13(18)11(22-15(17)21)7-9-4-3-5-10(16)6-9/h3-8,12H,1-2H3,(H,19,20)/p-1/b11-7+/t12-/m1/s1. The monoisotopic (exact) mass is 398 g/mol. The van der Waals surface area contributed by atoms with Gasteiger partial charge in [0.05, 0.1) is 16.9 Å². The molecule has 0 aliphatic carbocycles. The van der Waals surface area contributed by atoms with E-state index in [1.165, 1.54) is 0 Å². The molecule has 0 bridgehead atoms. The van der Waals surface area contributed by atoms with E-state index in [2.05, 4.69) is 15.9 Å². The molecule has 0 unspecified atom stereocenters. The van der Waals surface area contributed by atoms with Gasteiger partial charge in [-0.05, 0) is 29.7 Å². The van der Waals surface area contributed by atoms with Gasteiger partial charge in [-0.3, -0.25) is 9.69 Å². The first-order valence-corrected chi connectivity index (χ1v) is 8.56. The van der Waals surface area contributed by atoms with Crippen LogP contribution in [0, 0.1) is 5.92 Å². The number of thioether (sulfide) groups is 1. The van der Waals surface area contributed by atoms with Gasteiger partial charge in [-0.2, -0.15) is 0 Å². The number of hydrogen-bond donors (Lipinski definition) is 0. The molecule has 2 rings (SSSR count). The maximum absolute atomic E-state index is 12.5. The molecule has 1 atom stereocenters. The number of benzene rings is 1. The van der Waals surface area contributed by atoms with Gasteiger partial charge < -0.3 is 9.90 Å². The first-order valence-electron chi connectivity index (χ1n) is 6.54. The molecule has 0 aromatic heterocycles. The average Bonchev–Trinajstić information content (AvgIpc) is 2.66. The second kappa shape index (κ2) is 6.93. The van der Waals surface area contributed by atoms with E-state index >= 15 is 0 Å². The Bertz CT molecular complexity index is 673. The molecule has 0 radical (unpaired) electrons. The SMILES string of the molecule is CC(C)[C@H](C(=O)[O-])N1C(=O)/C(=C\c2cccc(Br)c2)SC1=S. The molecule has 1 fully saturated rings. The number of carbonyl (C=O) groups is 2. The molecule has 7 heteroatoms. The second-order valence-electron chi connectivity index (χ2n) is 5.11. The number of carbonyl (C=O) groups excluding carboxylic acids is 2. The number of amides is 1. The third-order valence-corrected chi connectivity index (χ3v) is 4.94. The fraction of sp³-hybridized carbons (Fsp3) is 0.267. The number of halogens is 1. The lowest BCUT2D eigenvalue weighted by molar-refractivity contribution is -0.311. The molecule has 0 spiro atoms. The van der Waals surface area contributed by atoms with Crippen molar-refractivity contribution in [3.63, 3.8) is 0 Å². The van der Waals surface area contributed by atoms with E-state index < -0.39 is 17.9 Å². The summed E-state index contributed by atoms with van der Waals surface area (Å²) in [6, 6.07) is 6.41. The van der Waals surface area contributed by atoms with Crippen molar-refractivity contribution in [1.29, 1.82) is 0 Å². The van der Waals surface area contributed by atoms with E-state index in [1.807, 2.05) is 24.3 Å². The summed E-state index contributed by atoms with van der Waals surface area (Å²) in [7, 11) is 0. The summed E-state index contributed by atoms with van der Waals surface area (Å²) in [5, 5.41) is 11.3. The average molecular weight is 399 g/mol. The molecule has 1 amide bonds. The zero-order valence-corrected chi connectivity index (χ0v) is 15.1. The highest BCUT2D eigenvalue weighted by Crippen LogP contribution is 2.35. The highest BCUT2D eigenvalue weighted by molar-refractivity contribution is 9.10. The van der Waals surface area contributed by atoms with Gasteiger partial charge in [0.25, 0.3) is 5.91 Å². The fourth-order valence-corrected chi connectivity index (χ4v) is 3.89. The predicted molar refractivity (Wildman–Crippen MR) is 92.8 cm³/mol. The van der Waals surface area contributed by atoms with E-state index in [9.17, 15) is 14.7 Å². The topological polar surface area (TPSA) is 60.4 Å². The summed E-state index contributed by atoms with van der Waals surface area (Å²) in [5.74, 6) is -1.98. The Morgan fingerprint density at radius 3 is 2.68 bits per heavy atom. The molecule has 1 saturated heterocycles. The van der Waals surface area contributed by atoms with Crippen molar-refractivity contribution in [1.82, 2.24) is 4.90 Å². The number of aliphatic carboxylic acids is 1.